The van der Waals surface area contributed by atoms with Crippen molar-refractivity contribution in [3.05, 3.63) is 86.1 Å². The van der Waals surface area contributed by atoms with Gasteiger partial charge in [-0.3, -0.25) is 4.79 Å². The number of amides is 1. The van der Waals surface area contributed by atoms with Crippen molar-refractivity contribution in [3.63, 3.8) is 0 Å². The molecule has 2 aliphatic heterocycles. The highest BCUT2D eigenvalue weighted by molar-refractivity contribution is 8.76. The van der Waals surface area contributed by atoms with Gasteiger partial charge in [0.2, 0.25) is 0 Å². The molecule has 0 radical (unpaired) electrons. The lowest BCUT2D eigenvalue weighted by Crippen LogP contribution is -2.44. The molecule has 0 saturated heterocycles. The third-order valence-electron chi connectivity index (χ3n) is 10.5. The molecule has 8 rings (SSSR count). The molecule has 1 amide bonds. The van der Waals surface area contributed by atoms with Crippen LogP contribution in [0.25, 0.3) is 22.3 Å². The number of rotatable bonds is 6. The second kappa shape index (κ2) is 12.4. The largest absolute Gasteiger partial charge is 0.458 e. The lowest BCUT2D eigenvalue weighted by molar-refractivity contribution is -0.172. The predicted molar refractivity (Wildman–Crippen MR) is 184 cm³/mol. The van der Waals surface area contributed by atoms with E-state index in [1.165, 1.54) is 6.07 Å². The number of benzene rings is 1. The van der Waals surface area contributed by atoms with Gasteiger partial charge in [-0.15, -0.1) is 0 Å². The highest BCUT2D eigenvalue weighted by Crippen LogP contribution is 2.46. The minimum absolute atomic E-state index is 0.0229. The average Bonchev–Trinajstić information content (AvgIpc) is 3.48. The molecule has 2 N–H and O–H groups in total. The average molecular weight is 703 g/mol. The number of hydrogen-bond acceptors (Lipinski definition) is 10. The SMILES string of the molecule is CC[C@@]1(O)C(=O)OCc2c1cc1n(c2=O)Cc2c-1nc1cc(F)c(C)c3c1c2[C@@H](NC(=O)O[C@H]1CCCC[C@@H]1SSc1ccccn1)CC3. The zero-order valence-electron chi connectivity index (χ0n) is 27.1. The predicted octanol–water partition coefficient (Wildman–Crippen LogP) is 6.39. The van der Waals surface area contributed by atoms with Crippen LogP contribution in [-0.2, 0) is 39.4 Å². The van der Waals surface area contributed by atoms with Crippen molar-refractivity contribution in [2.75, 3.05) is 0 Å². The number of halogens is 1. The fourth-order valence-electron chi connectivity index (χ4n) is 7.83. The Kier molecular flexibility index (Phi) is 8.19. The Balaban J connectivity index is 1.15. The zero-order chi connectivity index (χ0) is 34.0. The van der Waals surface area contributed by atoms with E-state index >= 15 is 4.39 Å². The van der Waals surface area contributed by atoms with Crippen LogP contribution in [-0.4, -0.2) is 43.1 Å². The Morgan fingerprint density at radius 1 is 1.18 bits per heavy atom. The molecule has 5 heterocycles. The number of aliphatic hydroxyl groups is 1. The van der Waals surface area contributed by atoms with Crippen LogP contribution in [0.15, 0.2) is 46.3 Å². The molecule has 4 atom stereocenters. The number of hydrogen-bond donors (Lipinski definition) is 2. The highest BCUT2D eigenvalue weighted by atomic mass is 33.1. The smallest absolute Gasteiger partial charge is 0.407 e. The number of aryl methyl sites for hydroxylation is 1. The summed E-state index contributed by atoms with van der Waals surface area (Å²) < 4.78 is 28.2. The first-order chi connectivity index (χ1) is 23.7. The molecule has 4 aliphatic rings. The van der Waals surface area contributed by atoms with E-state index in [4.69, 9.17) is 14.5 Å². The molecule has 1 saturated carbocycles. The lowest BCUT2D eigenvalue weighted by atomic mass is 9.81. The maximum Gasteiger partial charge on any atom is 0.407 e. The first kappa shape index (κ1) is 32.3. The highest BCUT2D eigenvalue weighted by Gasteiger charge is 2.46. The van der Waals surface area contributed by atoms with Gasteiger partial charge in [0.25, 0.3) is 5.56 Å². The summed E-state index contributed by atoms with van der Waals surface area (Å²) in [5.41, 5.74) is 2.31. The summed E-state index contributed by atoms with van der Waals surface area (Å²) >= 11 is 0. The Hall–Kier alpha value is -3.94. The van der Waals surface area contributed by atoms with E-state index in [0.29, 0.717) is 35.3 Å². The van der Waals surface area contributed by atoms with Gasteiger partial charge in [0, 0.05) is 28.8 Å². The van der Waals surface area contributed by atoms with Gasteiger partial charge in [-0.25, -0.2) is 23.9 Å². The van der Waals surface area contributed by atoms with Crippen molar-refractivity contribution in [3.8, 4) is 11.4 Å². The Labute approximate surface area is 289 Å². The monoisotopic (exact) mass is 702 g/mol. The summed E-state index contributed by atoms with van der Waals surface area (Å²) in [7, 11) is 3.27. The van der Waals surface area contributed by atoms with Crippen LogP contribution in [0, 0.1) is 12.7 Å². The summed E-state index contributed by atoms with van der Waals surface area (Å²) in [5.74, 6) is -1.18. The number of cyclic esters (lactones) is 1. The van der Waals surface area contributed by atoms with E-state index in [1.54, 1.807) is 52.3 Å². The molecule has 2 aliphatic carbocycles. The second-order valence-corrected chi connectivity index (χ2v) is 15.6. The van der Waals surface area contributed by atoms with Crippen molar-refractivity contribution >= 4 is 44.6 Å². The Morgan fingerprint density at radius 3 is 2.82 bits per heavy atom. The quantitative estimate of drug-likeness (QED) is 0.152. The number of alkyl carbamates (subject to hydrolysis) is 1. The summed E-state index contributed by atoms with van der Waals surface area (Å²) in [4.78, 5) is 49.5. The summed E-state index contributed by atoms with van der Waals surface area (Å²) in [6, 6.07) is 8.37. The van der Waals surface area contributed by atoms with Gasteiger partial charge in [-0.05, 0) is 91.1 Å². The number of carbonyl (C=O) groups is 2. The minimum Gasteiger partial charge on any atom is -0.458 e. The van der Waals surface area contributed by atoms with Gasteiger partial charge in [0.05, 0.1) is 40.3 Å². The van der Waals surface area contributed by atoms with Gasteiger partial charge < -0.3 is 24.5 Å². The van der Waals surface area contributed by atoms with E-state index in [1.807, 2.05) is 18.2 Å². The van der Waals surface area contributed by atoms with E-state index in [0.717, 1.165) is 52.8 Å². The molecule has 1 fully saturated rings. The van der Waals surface area contributed by atoms with E-state index < -0.39 is 23.7 Å². The topological polar surface area (TPSA) is 133 Å². The number of ether oxygens (including phenoxy) is 2. The molecule has 49 heavy (non-hydrogen) atoms. The molecule has 254 valence electrons. The zero-order valence-corrected chi connectivity index (χ0v) is 28.7. The first-order valence-electron chi connectivity index (χ1n) is 16.7. The number of nitrogens with one attached hydrogen (secondary N) is 1. The third-order valence-corrected chi connectivity index (χ3v) is 13.3. The van der Waals surface area contributed by atoms with Crippen molar-refractivity contribution < 1.29 is 28.6 Å². The summed E-state index contributed by atoms with van der Waals surface area (Å²) in [6.45, 7) is 3.34. The van der Waals surface area contributed by atoms with Crippen molar-refractivity contribution in [2.24, 2.45) is 0 Å². The fraction of sp³-hybridized carbons (Fsp3) is 0.417. The second-order valence-electron chi connectivity index (χ2n) is 13.2. The third kappa shape index (κ3) is 5.32. The number of nitrogens with zero attached hydrogens (tertiary/aromatic N) is 3. The van der Waals surface area contributed by atoms with Crippen LogP contribution in [0.2, 0.25) is 0 Å². The van der Waals surface area contributed by atoms with E-state index in [9.17, 15) is 19.5 Å². The van der Waals surface area contributed by atoms with Gasteiger partial charge in [-0.1, -0.05) is 30.2 Å². The number of fused-ring (bicyclic) bond motifs is 5. The number of esters is 1. The molecule has 3 aromatic heterocycles. The first-order valence-corrected chi connectivity index (χ1v) is 18.9. The van der Waals surface area contributed by atoms with Crippen molar-refractivity contribution in [1.82, 2.24) is 19.9 Å². The Morgan fingerprint density at radius 2 is 2.02 bits per heavy atom. The van der Waals surface area contributed by atoms with Crippen LogP contribution >= 0.6 is 21.6 Å². The number of pyridine rings is 3. The molecule has 1 aromatic carbocycles. The summed E-state index contributed by atoms with van der Waals surface area (Å²) in [5, 5.41) is 16.3. The molecule has 0 spiro atoms. The molecule has 0 bridgehead atoms. The maximum atomic E-state index is 15.3. The number of carbonyl (C=O) groups excluding carboxylic acids is 2. The van der Waals surface area contributed by atoms with Crippen LogP contribution < -0.4 is 10.9 Å². The molecule has 4 aromatic rings. The van der Waals surface area contributed by atoms with E-state index in [-0.39, 0.29) is 53.4 Å². The minimum atomic E-state index is -1.97. The number of aromatic nitrogens is 3. The molecule has 10 nitrogen and oxygen atoms in total. The normalized spacial score (nSPS) is 23.8. The van der Waals surface area contributed by atoms with Gasteiger partial charge in [0.15, 0.2) is 5.60 Å². The molecular formula is C36H35FN4O6S2. The van der Waals surface area contributed by atoms with E-state index in [2.05, 4.69) is 10.3 Å². The Bertz CT molecular complexity index is 2090. The van der Waals surface area contributed by atoms with Crippen molar-refractivity contribution in [2.45, 2.75) is 100.0 Å². The summed E-state index contributed by atoms with van der Waals surface area (Å²) in [6.07, 6.45) is 5.80. The maximum absolute atomic E-state index is 15.3. The molecule has 13 heteroatoms. The van der Waals surface area contributed by atoms with Crippen LogP contribution in [0.5, 0.6) is 0 Å². The van der Waals surface area contributed by atoms with Crippen LogP contribution in [0.3, 0.4) is 0 Å². The van der Waals surface area contributed by atoms with Crippen molar-refractivity contribution in [1.29, 1.82) is 0 Å². The standard InChI is InChI=1S/C36H35FN4O6S2/c1-3-36(45)22-14-26-32-20(16-41(26)33(42)21(22)17-46-34(36)43)31-24(12-11-19-18(2)23(37)15-25(39-32)30(19)31)40-35(44)47-27-8-4-5-9-28(27)48-49-29-10-6-7-13-38-29/h6-7,10,13-15,24,27-28,45H,3-5,8-9,11-12,16-17H2,1-2H3,(H,40,44)/t24-,27-,28-,36-/m0/s1. The fourth-order valence-corrected chi connectivity index (χ4v) is 10.5. The van der Waals surface area contributed by atoms with Gasteiger partial charge in [0.1, 0.15) is 23.6 Å². The van der Waals surface area contributed by atoms with Crippen LogP contribution in [0.4, 0.5) is 9.18 Å². The lowest BCUT2D eigenvalue weighted by Gasteiger charge is -2.32. The van der Waals surface area contributed by atoms with Gasteiger partial charge in [-0.2, -0.15) is 0 Å². The van der Waals surface area contributed by atoms with Crippen LogP contribution in [0.1, 0.15) is 84.9 Å². The molecular weight excluding hydrogens is 668 g/mol. The van der Waals surface area contributed by atoms with Gasteiger partial charge >= 0.3 is 12.1 Å². The molecule has 0 unspecified atom stereocenters.